The molecule has 6 nitrogen and oxygen atoms in total. The maximum atomic E-state index is 12.7. The van der Waals surface area contributed by atoms with Crippen LogP contribution in [-0.4, -0.2) is 42.0 Å². The van der Waals surface area contributed by atoms with Crippen LogP contribution in [0.1, 0.15) is 23.6 Å². The molecule has 0 aliphatic heterocycles. The molecule has 0 saturated carbocycles. The lowest BCUT2D eigenvalue weighted by Crippen LogP contribution is -2.46. The van der Waals surface area contributed by atoms with Gasteiger partial charge in [0.1, 0.15) is 6.04 Å². The van der Waals surface area contributed by atoms with Gasteiger partial charge in [0.2, 0.25) is 0 Å². The number of thiazole rings is 1. The maximum Gasteiger partial charge on any atom is 0.328 e. The van der Waals surface area contributed by atoms with E-state index < -0.39 is 12.0 Å². The second-order valence-electron chi connectivity index (χ2n) is 5.78. The first-order chi connectivity index (χ1) is 11.3. The molecule has 24 heavy (non-hydrogen) atoms. The third-order valence-electron chi connectivity index (χ3n) is 3.70. The van der Waals surface area contributed by atoms with Crippen molar-refractivity contribution in [2.75, 3.05) is 19.9 Å². The highest BCUT2D eigenvalue weighted by Gasteiger charge is 2.32. The van der Waals surface area contributed by atoms with E-state index >= 15 is 0 Å². The summed E-state index contributed by atoms with van der Waals surface area (Å²) in [7, 11) is 2.91. The number of nitrogens with zero attached hydrogens (tertiary/aromatic N) is 2. The van der Waals surface area contributed by atoms with Crippen molar-refractivity contribution in [2.45, 2.75) is 19.9 Å². The van der Waals surface area contributed by atoms with Gasteiger partial charge in [0.25, 0.3) is 5.91 Å². The number of carbonyl (C=O) groups excluding carboxylic acids is 2. The molecule has 0 aliphatic rings. The first-order valence-corrected chi connectivity index (χ1v) is 8.33. The molecule has 128 valence electrons. The highest BCUT2D eigenvalue weighted by molar-refractivity contribution is 7.16. The number of hydrogen-bond acceptors (Lipinski definition) is 6. The number of nitrogen functional groups attached to an aromatic ring is 1. The summed E-state index contributed by atoms with van der Waals surface area (Å²) in [5.74, 6) is -0.801. The molecule has 2 rings (SSSR count). The van der Waals surface area contributed by atoms with Gasteiger partial charge in [-0.05, 0) is 23.6 Å². The van der Waals surface area contributed by atoms with E-state index in [1.807, 2.05) is 26.0 Å². The summed E-state index contributed by atoms with van der Waals surface area (Å²) in [6, 6.07) is 6.72. The van der Waals surface area contributed by atoms with E-state index in [4.69, 9.17) is 10.5 Å². The Bertz CT molecular complexity index is 725. The van der Waals surface area contributed by atoms with Crippen LogP contribution in [-0.2, 0) is 9.53 Å². The van der Waals surface area contributed by atoms with Crippen LogP contribution in [0.2, 0.25) is 0 Å². The second-order valence-corrected chi connectivity index (χ2v) is 6.81. The molecule has 7 heteroatoms. The third-order valence-corrected chi connectivity index (χ3v) is 4.73. The number of rotatable bonds is 5. The molecule has 1 atom stereocenters. The van der Waals surface area contributed by atoms with E-state index in [0.29, 0.717) is 10.7 Å². The predicted molar refractivity (Wildman–Crippen MR) is 94.7 cm³/mol. The van der Waals surface area contributed by atoms with Crippen LogP contribution < -0.4 is 5.73 Å². The summed E-state index contributed by atoms with van der Waals surface area (Å²) >= 11 is 1.28. The van der Waals surface area contributed by atoms with Crippen molar-refractivity contribution in [3.8, 4) is 10.4 Å². The van der Waals surface area contributed by atoms with Gasteiger partial charge in [0, 0.05) is 18.9 Å². The zero-order valence-electron chi connectivity index (χ0n) is 14.1. The molecule has 1 aromatic carbocycles. The molecule has 0 aliphatic carbocycles. The van der Waals surface area contributed by atoms with Crippen LogP contribution >= 0.6 is 11.3 Å². The Morgan fingerprint density at radius 3 is 2.42 bits per heavy atom. The number of ether oxygens (including phenoxy) is 1. The zero-order valence-corrected chi connectivity index (χ0v) is 15.0. The zero-order chi connectivity index (χ0) is 17.9. The Kier molecular flexibility index (Phi) is 5.56. The van der Waals surface area contributed by atoms with E-state index in [2.05, 4.69) is 4.98 Å². The van der Waals surface area contributed by atoms with Crippen LogP contribution in [0.25, 0.3) is 10.4 Å². The summed E-state index contributed by atoms with van der Waals surface area (Å²) in [4.78, 5) is 31.1. The van der Waals surface area contributed by atoms with Crippen molar-refractivity contribution in [2.24, 2.45) is 5.92 Å². The van der Waals surface area contributed by atoms with Gasteiger partial charge in [-0.2, -0.15) is 0 Å². The second kappa shape index (κ2) is 7.44. The number of nitrogens with two attached hydrogens (primary N) is 1. The number of hydrogen-bond donors (Lipinski definition) is 1. The normalized spacial score (nSPS) is 12.0. The van der Waals surface area contributed by atoms with Crippen molar-refractivity contribution >= 4 is 28.9 Å². The monoisotopic (exact) mass is 347 g/mol. The highest BCUT2D eigenvalue weighted by Crippen LogP contribution is 2.28. The molecule has 1 amide bonds. The van der Waals surface area contributed by atoms with Crippen LogP contribution in [0.15, 0.2) is 30.5 Å². The van der Waals surface area contributed by atoms with Gasteiger partial charge in [0.05, 0.1) is 12.0 Å². The molecule has 0 spiro atoms. The summed E-state index contributed by atoms with van der Waals surface area (Å²) < 4.78 is 4.80. The lowest BCUT2D eigenvalue weighted by molar-refractivity contribution is -0.147. The largest absolute Gasteiger partial charge is 0.467 e. The lowest BCUT2D eigenvalue weighted by Gasteiger charge is -2.28. The van der Waals surface area contributed by atoms with E-state index in [1.165, 1.54) is 23.3 Å². The van der Waals surface area contributed by atoms with Crippen LogP contribution in [0.5, 0.6) is 0 Å². The standard InChI is InChI=1S/C17H21N3O3S/c1-10(2)14(17(22)23-4)20(3)16(21)15-19-9-13(24-15)11-5-7-12(18)8-6-11/h5-10,14H,18H2,1-4H3. The topological polar surface area (TPSA) is 85.5 Å². The first kappa shape index (κ1) is 17.9. The van der Waals surface area contributed by atoms with Crippen molar-refractivity contribution in [1.29, 1.82) is 0 Å². The molecule has 2 aromatic rings. The minimum atomic E-state index is -0.647. The number of carbonyl (C=O) groups is 2. The quantitative estimate of drug-likeness (QED) is 0.664. The summed E-state index contributed by atoms with van der Waals surface area (Å²) in [5, 5.41) is 0.332. The van der Waals surface area contributed by atoms with Crippen LogP contribution in [0.3, 0.4) is 0 Å². The Balaban J connectivity index is 2.23. The Morgan fingerprint density at radius 2 is 1.88 bits per heavy atom. The van der Waals surface area contributed by atoms with Gasteiger partial charge in [0.15, 0.2) is 5.01 Å². The van der Waals surface area contributed by atoms with Crippen molar-refractivity contribution in [3.05, 3.63) is 35.5 Å². The fourth-order valence-electron chi connectivity index (χ4n) is 2.43. The molecule has 1 unspecified atom stereocenters. The fourth-order valence-corrected chi connectivity index (χ4v) is 3.33. The number of amides is 1. The van der Waals surface area contributed by atoms with E-state index in [-0.39, 0.29) is 11.8 Å². The number of esters is 1. The summed E-state index contributed by atoms with van der Waals surface area (Å²) in [5.41, 5.74) is 7.30. The van der Waals surface area contributed by atoms with Gasteiger partial charge < -0.3 is 15.4 Å². The number of benzene rings is 1. The number of anilines is 1. The van der Waals surface area contributed by atoms with Gasteiger partial charge >= 0.3 is 5.97 Å². The Hall–Kier alpha value is -2.41. The van der Waals surface area contributed by atoms with Crippen molar-refractivity contribution in [3.63, 3.8) is 0 Å². The molecule has 0 fully saturated rings. The fraction of sp³-hybridized carbons (Fsp3) is 0.353. The predicted octanol–water partition coefficient (Wildman–Crippen LogP) is 2.66. The van der Waals surface area contributed by atoms with E-state index in [9.17, 15) is 9.59 Å². The van der Waals surface area contributed by atoms with Gasteiger partial charge in [-0.25, -0.2) is 9.78 Å². The van der Waals surface area contributed by atoms with Gasteiger partial charge in [-0.1, -0.05) is 26.0 Å². The highest BCUT2D eigenvalue weighted by atomic mass is 32.1. The molecular weight excluding hydrogens is 326 g/mol. The van der Waals surface area contributed by atoms with Crippen LogP contribution in [0, 0.1) is 5.92 Å². The third kappa shape index (κ3) is 3.73. The first-order valence-electron chi connectivity index (χ1n) is 7.52. The molecule has 1 heterocycles. The minimum Gasteiger partial charge on any atom is -0.467 e. The molecule has 0 bridgehead atoms. The summed E-state index contributed by atoms with van der Waals surface area (Å²) in [6.45, 7) is 3.74. The van der Waals surface area contributed by atoms with E-state index in [0.717, 1.165) is 10.4 Å². The SMILES string of the molecule is COC(=O)C(C(C)C)N(C)C(=O)c1ncc(-c2ccc(N)cc2)s1. The average molecular weight is 347 g/mol. The van der Waals surface area contributed by atoms with Crippen molar-refractivity contribution in [1.82, 2.24) is 9.88 Å². The van der Waals surface area contributed by atoms with Crippen molar-refractivity contribution < 1.29 is 14.3 Å². The van der Waals surface area contributed by atoms with Crippen LogP contribution in [0.4, 0.5) is 5.69 Å². The molecule has 0 radical (unpaired) electrons. The summed E-state index contributed by atoms with van der Waals surface area (Å²) in [6.07, 6.45) is 1.65. The Labute approximate surface area is 145 Å². The lowest BCUT2D eigenvalue weighted by atomic mass is 10.0. The number of methoxy groups -OCH3 is 1. The van der Waals surface area contributed by atoms with Gasteiger partial charge in [-0.15, -0.1) is 11.3 Å². The average Bonchev–Trinajstić information content (AvgIpc) is 3.04. The molecular formula is C17H21N3O3S. The van der Waals surface area contributed by atoms with Gasteiger partial charge in [-0.3, -0.25) is 4.79 Å². The molecule has 2 N–H and O–H groups in total. The molecule has 1 aromatic heterocycles. The smallest absolute Gasteiger partial charge is 0.328 e. The number of aromatic nitrogens is 1. The maximum absolute atomic E-state index is 12.7. The minimum absolute atomic E-state index is 0.0667. The number of likely N-dealkylation sites (N-methyl/N-ethyl adjacent to an activating group) is 1. The Morgan fingerprint density at radius 1 is 1.25 bits per heavy atom. The van der Waals surface area contributed by atoms with E-state index in [1.54, 1.807) is 25.4 Å². The molecule has 0 saturated heterocycles.